The Morgan fingerprint density at radius 3 is 2.44 bits per heavy atom. The zero-order valence-corrected chi connectivity index (χ0v) is 30.2. The largest absolute Gasteiger partial charge is 0.491 e. The molecule has 2 aromatic carbocycles. The number of nitrogens with one attached hydrogen (secondary N) is 2. The van der Waals surface area contributed by atoms with Gasteiger partial charge >= 0.3 is 6.09 Å². The highest BCUT2D eigenvalue weighted by molar-refractivity contribution is 7.10. The van der Waals surface area contributed by atoms with Gasteiger partial charge in [-0.2, -0.15) is 0 Å². The van der Waals surface area contributed by atoms with Crippen LogP contribution in [0, 0.1) is 5.92 Å². The van der Waals surface area contributed by atoms with Gasteiger partial charge in [-0.05, 0) is 63.1 Å². The first-order chi connectivity index (χ1) is 24.3. The summed E-state index contributed by atoms with van der Waals surface area (Å²) in [6.07, 6.45) is 5.28. The first-order valence-corrected chi connectivity index (χ1v) is 18.6. The van der Waals surface area contributed by atoms with Crippen LogP contribution in [0.4, 0.5) is 4.79 Å². The number of benzene rings is 2. The van der Waals surface area contributed by atoms with Gasteiger partial charge in [0.15, 0.2) is 0 Å². The van der Waals surface area contributed by atoms with Gasteiger partial charge < -0.3 is 34.9 Å². The summed E-state index contributed by atoms with van der Waals surface area (Å²) < 4.78 is 17.3. The summed E-state index contributed by atoms with van der Waals surface area (Å²) in [7, 11) is 3.26. The fourth-order valence-corrected chi connectivity index (χ4v) is 7.79. The number of hydrogen-bond donors (Lipinski definition) is 3. The van der Waals surface area contributed by atoms with E-state index in [1.165, 1.54) is 7.05 Å². The molecule has 1 aliphatic carbocycles. The third-order valence-electron chi connectivity index (χ3n) is 9.80. The summed E-state index contributed by atoms with van der Waals surface area (Å²) in [5.74, 6) is 0.229. The van der Waals surface area contributed by atoms with E-state index in [1.807, 2.05) is 42.3 Å². The highest BCUT2D eigenvalue weighted by Crippen LogP contribution is 2.40. The minimum Gasteiger partial charge on any atom is -0.491 e. The number of carbonyl (C=O) groups is 3. The van der Waals surface area contributed by atoms with Crippen molar-refractivity contribution in [1.29, 1.82) is 0 Å². The van der Waals surface area contributed by atoms with Gasteiger partial charge in [-0.25, -0.2) is 9.78 Å². The van der Waals surface area contributed by atoms with Gasteiger partial charge in [-0.15, -0.1) is 11.3 Å². The zero-order valence-electron chi connectivity index (χ0n) is 29.4. The molecular weight excluding hydrogens is 659 g/mol. The van der Waals surface area contributed by atoms with E-state index < -0.39 is 24.1 Å². The molecule has 3 aromatic rings. The summed E-state index contributed by atoms with van der Waals surface area (Å²) in [5, 5.41) is 20.4. The molecule has 1 aliphatic heterocycles. The highest BCUT2D eigenvalue weighted by atomic mass is 32.1. The monoisotopic (exact) mass is 709 g/mol. The molecule has 3 atom stereocenters. The maximum Gasteiger partial charge on any atom is 0.407 e. The van der Waals surface area contributed by atoms with Crippen LogP contribution in [-0.4, -0.2) is 110 Å². The minimum absolute atomic E-state index is 0.0108. The minimum atomic E-state index is -1.19. The van der Waals surface area contributed by atoms with Crippen molar-refractivity contribution in [2.75, 3.05) is 60.2 Å². The smallest absolute Gasteiger partial charge is 0.407 e. The number of aromatic nitrogens is 1. The molecule has 2 fully saturated rings. The van der Waals surface area contributed by atoms with E-state index in [4.69, 9.17) is 19.2 Å². The van der Waals surface area contributed by atoms with Crippen LogP contribution in [0.25, 0.3) is 22.0 Å². The number of carbonyl (C=O) groups excluding carboxylic acids is 2. The predicted molar refractivity (Wildman–Crippen MR) is 194 cm³/mol. The number of hydrogen-bond acceptors (Lipinski definition) is 9. The van der Waals surface area contributed by atoms with E-state index in [2.05, 4.69) is 22.1 Å². The van der Waals surface area contributed by atoms with Crippen molar-refractivity contribution in [1.82, 2.24) is 25.4 Å². The van der Waals surface area contributed by atoms with Crippen LogP contribution in [-0.2, 0) is 19.1 Å². The SMILES string of the molecule is CNCCOCCOCCOc1ccc(-c2csc(C3CCCN3C(=O)[C@@H](NC(=O)C(C)N(C)C(=O)O)C3CCCCC3)n2)c2ccccc12. The van der Waals surface area contributed by atoms with Crippen molar-refractivity contribution in [3.63, 3.8) is 0 Å². The average Bonchev–Trinajstić information content (AvgIpc) is 3.83. The first kappa shape index (κ1) is 37.5. The number of fused-ring (bicyclic) bond motifs is 1. The Balaban J connectivity index is 1.28. The van der Waals surface area contributed by atoms with Gasteiger partial charge in [0, 0.05) is 36.5 Å². The Bertz CT molecular complexity index is 1580. The molecule has 2 unspecified atom stereocenters. The van der Waals surface area contributed by atoms with Gasteiger partial charge in [-0.3, -0.25) is 14.5 Å². The fraction of sp³-hybridized carbons (Fsp3) is 0.568. The standard InChI is InChI=1S/C37H51N5O7S/c1-25(41(3)37(45)46)34(43)40-33(26-10-5-4-6-11-26)36(44)42-18-9-14-31(42)35-39-30(24-50-35)28-15-16-32(29-13-8-7-12-27(28)29)49-23-22-48-21-20-47-19-17-38-2/h7-8,12-13,15-16,24-26,31,33,38H,4-6,9-11,14,17-23H2,1-3H3,(H,40,43)(H,45,46)/t25?,31?,33-/m0/s1. The van der Waals surface area contributed by atoms with E-state index in [9.17, 15) is 19.5 Å². The molecule has 0 spiro atoms. The number of amides is 3. The van der Waals surface area contributed by atoms with Gasteiger partial charge in [0.05, 0.1) is 38.2 Å². The summed E-state index contributed by atoms with van der Waals surface area (Å²) in [6.45, 7) is 5.54. The quantitative estimate of drug-likeness (QED) is 0.159. The van der Waals surface area contributed by atoms with E-state index in [1.54, 1.807) is 18.3 Å². The predicted octanol–water partition coefficient (Wildman–Crippen LogP) is 5.32. The third-order valence-corrected chi connectivity index (χ3v) is 10.7. The number of likely N-dealkylation sites (tertiary alicyclic amines) is 1. The van der Waals surface area contributed by atoms with Crippen LogP contribution in [0.5, 0.6) is 5.75 Å². The molecule has 50 heavy (non-hydrogen) atoms. The van der Waals surface area contributed by atoms with Gasteiger partial charge in [0.2, 0.25) is 11.8 Å². The van der Waals surface area contributed by atoms with Crippen LogP contribution >= 0.6 is 11.3 Å². The molecule has 0 bridgehead atoms. The van der Waals surface area contributed by atoms with Crippen molar-refractivity contribution < 1.29 is 33.7 Å². The molecule has 1 aromatic heterocycles. The lowest BCUT2D eigenvalue weighted by atomic mass is 9.83. The lowest BCUT2D eigenvalue weighted by molar-refractivity contribution is -0.140. The molecule has 1 saturated carbocycles. The number of thiazole rings is 1. The van der Waals surface area contributed by atoms with Crippen molar-refractivity contribution in [3.05, 3.63) is 46.8 Å². The van der Waals surface area contributed by atoms with Gasteiger partial charge in [0.1, 0.15) is 29.4 Å². The molecule has 272 valence electrons. The molecule has 1 saturated heterocycles. The van der Waals surface area contributed by atoms with Crippen LogP contribution < -0.4 is 15.4 Å². The molecule has 2 aliphatic rings. The van der Waals surface area contributed by atoms with E-state index in [-0.39, 0.29) is 17.9 Å². The van der Waals surface area contributed by atoms with Crippen LogP contribution in [0.1, 0.15) is 62.9 Å². The normalized spacial score (nSPS) is 17.8. The highest BCUT2D eigenvalue weighted by Gasteiger charge is 2.40. The van der Waals surface area contributed by atoms with Crippen molar-refractivity contribution >= 4 is 40.0 Å². The topological polar surface area (TPSA) is 143 Å². The number of rotatable bonds is 17. The Hall–Kier alpha value is -3.78. The lowest BCUT2D eigenvalue weighted by Crippen LogP contribution is -2.56. The molecule has 3 N–H and O–H groups in total. The van der Waals surface area contributed by atoms with E-state index >= 15 is 0 Å². The van der Waals surface area contributed by atoms with Crippen molar-refractivity contribution in [2.24, 2.45) is 5.92 Å². The Morgan fingerprint density at radius 2 is 1.70 bits per heavy atom. The third kappa shape index (κ3) is 9.30. The van der Waals surface area contributed by atoms with E-state index in [0.717, 1.165) is 89.2 Å². The number of carboxylic acid groups (broad SMARTS) is 1. The van der Waals surface area contributed by atoms with Crippen molar-refractivity contribution in [3.8, 4) is 17.0 Å². The molecule has 5 rings (SSSR count). The molecule has 0 radical (unpaired) electrons. The Kier molecular flexibility index (Phi) is 13.8. The summed E-state index contributed by atoms with van der Waals surface area (Å²) in [4.78, 5) is 47.0. The second-order valence-electron chi connectivity index (χ2n) is 13.0. The van der Waals surface area contributed by atoms with Gasteiger partial charge in [-0.1, -0.05) is 43.5 Å². The maximum absolute atomic E-state index is 14.3. The van der Waals surface area contributed by atoms with Crippen LogP contribution in [0.15, 0.2) is 41.8 Å². The van der Waals surface area contributed by atoms with Gasteiger partial charge in [0.25, 0.3) is 0 Å². The lowest BCUT2D eigenvalue weighted by Gasteiger charge is -2.35. The van der Waals surface area contributed by atoms with E-state index in [0.29, 0.717) is 39.6 Å². The maximum atomic E-state index is 14.3. The molecule has 12 nitrogen and oxygen atoms in total. The number of ether oxygens (including phenoxy) is 3. The summed E-state index contributed by atoms with van der Waals surface area (Å²) in [5.41, 5.74) is 1.83. The Labute approximate surface area is 298 Å². The molecule has 3 amide bonds. The van der Waals surface area contributed by atoms with Crippen LogP contribution in [0.2, 0.25) is 0 Å². The number of likely N-dealkylation sites (N-methyl/N-ethyl adjacent to an activating group) is 2. The first-order valence-electron chi connectivity index (χ1n) is 17.8. The van der Waals surface area contributed by atoms with Crippen molar-refractivity contribution in [2.45, 2.75) is 70.0 Å². The average molecular weight is 710 g/mol. The Morgan fingerprint density at radius 1 is 0.980 bits per heavy atom. The van der Waals surface area contributed by atoms with Crippen LogP contribution in [0.3, 0.4) is 0 Å². The zero-order chi connectivity index (χ0) is 35.5. The fourth-order valence-electron chi connectivity index (χ4n) is 6.82. The molecular formula is C37H51N5O7S. The number of nitrogens with zero attached hydrogens (tertiary/aromatic N) is 3. The second-order valence-corrected chi connectivity index (χ2v) is 13.9. The molecule has 2 heterocycles. The summed E-state index contributed by atoms with van der Waals surface area (Å²) >= 11 is 1.55. The summed E-state index contributed by atoms with van der Waals surface area (Å²) in [6, 6.07) is 10.3. The molecule has 13 heteroatoms. The second kappa shape index (κ2) is 18.5.